The zero-order chi connectivity index (χ0) is 10.4. The van der Waals surface area contributed by atoms with Crippen LogP contribution in [0.3, 0.4) is 0 Å². The third-order valence-corrected chi connectivity index (χ3v) is 4.19. The lowest BCUT2D eigenvalue weighted by Gasteiger charge is -2.20. The summed E-state index contributed by atoms with van der Waals surface area (Å²) in [7, 11) is 0. The Kier molecular flexibility index (Phi) is 5.59. The highest BCUT2D eigenvalue weighted by atomic mass is 14.2. The molecule has 0 bridgehead atoms. The molecule has 0 saturated heterocycles. The summed E-state index contributed by atoms with van der Waals surface area (Å²) in [4.78, 5) is 0. The van der Waals surface area contributed by atoms with Gasteiger partial charge in [-0.2, -0.15) is 0 Å². The van der Waals surface area contributed by atoms with Gasteiger partial charge in [0.25, 0.3) is 0 Å². The van der Waals surface area contributed by atoms with Crippen LogP contribution < -0.4 is 0 Å². The third-order valence-electron chi connectivity index (χ3n) is 4.19. The van der Waals surface area contributed by atoms with Gasteiger partial charge in [0.2, 0.25) is 0 Å². The fraction of sp³-hybridized carbons (Fsp3) is 1.00. The minimum absolute atomic E-state index is 0.954. The van der Waals surface area contributed by atoms with E-state index in [-0.39, 0.29) is 0 Å². The van der Waals surface area contributed by atoms with Crippen molar-refractivity contribution in [3.8, 4) is 0 Å². The highest BCUT2D eigenvalue weighted by Gasteiger charge is 2.14. The second kappa shape index (κ2) is 6.48. The summed E-state index contributed by atoms with van der Waals surface area (Å²) < 4.78 is 0. The van der Waals surface area contributed by atoms with Crippen LogP contribution >= 0.6 is 0 Å². The first kappa shape index (κ1) is 12.1. The first-order valence-electron chi connectivity index (χ1n) is 6.70. The number of hydrogen-bond acceptors (Lipinski definition) is 0. The van der Waals surface area contributed by atoms with Gasteiger partial charge in [-0.1, -0.05) is 72.1 Å². The van der Waals surface area contributed by atoms with E-state index in [0.29, 0.717) is 0 Å². The van der Waals surface area contributed by atoms with Gasteiger partial charge in [-0.3, -0.25) is 0 Å². The first-order chi connectivity index (χ1) is 6.70. The maximum absolute atomic E-state index is 2.45. The van der Waals surface area contributed by atoms with Gasteiger partial charge < -0.3 is 0 Å². The van der Waals surface area contributed by atoms with Crippen LogP contribution in [0.1, 0.15) is 72.1 Å². The first-order valence-corrected chi connectivity index (χ1v) is 6.70. The lowest BCUT2D eigenvalue weighted by atomic mass is 9.86. The molecule has 0 spiro atoms. The minimum atomic E-state index is 0.954. The molecule has 3 atom stereocenters. The molecule has 0 nitrogen and oxygen atoms in total. The molecule has 0 radical (unpaired) electrons. The lowest BCUT2D eigenvalue weighted by Crippen LogP contribution is -2.09. The smallest absolute Gasteiger partial charge is 0.0417 e. The van der Waals surface area contributed by atoms with Crippen LogP contribution in [0, 0.1) is 17.8 Å². The molecule has 0 aromatic carbocycles. The van der Waals surface area contributed by atoms with E-state index in [2.05, 4.69) is 20.8 Å². The second-order valence-corrected chi connectivity index (χ2v) is 5.63. The van der Waals surface area contributed by atoms with Gasteiger partial charge in [0.05, 0.1) is 0 Å². The van der Waals surface area contributed by atoms with Crippen LogP contribution in [-0.4, -0.2) is 0 Å². The molecule has 0 heterocycles. The molecule has 0 aromatic rings. The summed E-state index contributed by atoms with van der Waals surface area (Å²) in [5.74, 6) is 2.89. The third kappa shape index (κ3) is 4.48. The normalized spacial score (nSPS) is 37.5. The van der Waals surface area contributed by atoms with Gasteiger partial charge in [0.1, 0.15) is 0 Å². The summed E-state index contributed by atoms with van der Waals surface area (Å²) in [6, 6.07) is 0. The van der Waals surface area contributed by atoms with Crippen LogP contribution in [0.2, 0.25) is 0 Å². The molecule has 3 unspecified atom stereocenters. The van der Waals surface area contributed by atoms with Crippen LogP contribution in [0.4, 0.5) is 0 Å². The summed E-state index contributed by atoms with van der Waals surface area (Å²) >= 11 is 0. The standard InChI is InChI=1S/C14H28/c1-12-8-6-4-5-7-9-13(2)14(3)11-10-12/h12-14H,4-11H2,1-3H3. The van der Waals surface area contributed by atoms with Gasteiger partial charge in [-0.15, -0.1) is 0 Å². The van der Waals surface area contributed by atoms with Crippen molar-refractivity contribution in [3.05, 3.63) is 0 Å². The minimum Gasteiger partial charge on any atom is -0.0625 e. The van der Waals surface area contributed by atoms with Crippen molar-refractivity contribution < 1.29 is 0 Å². The topological polar surface area (TPSA) is 0 Å². The average molecular weight is 196 g/mol. The van der Waals surface area contributed by atoms with Crippen molar-refractivity contribution in [2.24, 2.45) is 17.8 Å². The van der Waals surface area contributed by atoms with Crippen molar-refractivity contribution in [1.29, 1.82) is 0 Å². The van der Waals surface area contributed by atoms with E-state index < -0.39 is 0 Å². The molecular weight excluding hydrogens is 168 g/mol. The average Bonchev–Trinajstić information content (AvgIpc) is 2.20. The van der Waals surface area contributed by atoms with Gasteiger partial charge in [0.15, 0.2) is 0 Å². The van der Waals surface area contributed by atoms with Gasteiger partial charge in [-0.25, -0.2) is 0 Å². The predicted octanol–water partition coefficient (Wildman–Crippen LogP) is 5.03. The molecule has 84 valence electrons. The van der Waals surface area contributed by atoms with Gasteiger partial charge in [0, 0.05) is 0 Å². The molecule has 1 saturated carbocycles. The monoisotopic (exact) mass is 196 g/mol. The van der Waals surface area contributed by atoms with E-state index in [0.717, 1.165) is 17.8 Å². The molecule has 1 aliphatic rings. The molecule has 0 amide bonds. The zero-order valence-corrected chi connectivity index (χ0v) is 10.4. The molecule has 1 rings (SSSR count). The molecule has 0 aliphatic heterocycles. The molecular formula is C14H28. The van der Waals surface area contributed by atoms with Crippen molar-refractivity contribution >= 4 is 0 Å². The molecule has 14 heavy (non-hydrogen) atoms. The fourth-order valence-electron chi connectivity index (χ4n) is 2.57. The Morgan fingerprint density at radius 3 is 1.86 bits per heavy atom. The Hall–Kier alpha value is 0. The summed E-state index contributed by atoms with van der Waals surface area (Å²) in [6.45, 7) is 7.35. The van der Waals surface area contributed by atoms with E-state index in [9.17, 15) is 0 Å². The molecule has 1 fully saturated rings. The van der Waals surface area contributed by atoms with Gasteiger partial charge in [-0.05, 0) is 17.8 Å². The van der Waals surface area contributed by atoms with Crippen molar-refractivity contribution in [3.63, 3.8) is 0 Å². The zero-order valence-electron chi connectivity index (χ0n) is 10.4. The maximum Gasteiger partial charge on any atom is -0.0417 e. The van der Waals surface area contributed by atoms with Crippen LogP contribution in [0.15, 0.2) is 0 Å². The van der Waals surface area contributed by atoms with E-state index in [1.54, 1.807) is 0 Å². The van der Waals surface area contributed by atoms with Crippen molar-refractivity contribution in [2.75, 3.05) is 0 Å². The Balaban J connectivity index is 2.36. The molecule has 0 N–H and O–H groups in total. The lowest BCUT2D eigenvalue weighted by molar-refractivity contribution is 0.312. The highest BCUT2D eigenvalue weighted by molar-refractivity contribution is 4.66. The Labute approximate surface area is 90.5 Å². The number of rotatable bonds is 0. The SMILES string of the molecule is CC1CCCCCCC(C)C(C)CC1. The quantitative estimate of drug-likeness (QED) is 0.510. The molecule has 0 aromatic heterocycles. The van der Waals surface area contributed by atoms with Crippen molar-refractivity contribution in [1.82, 2.24) is 0 Å². The Morgan fingerprint density at radius 2 is 1.14 bits per heavy atom. The Bertz CT molecular complexity index is 139. The van der Waals surface area contributed by atoms with E-state index in [1.165, 1.54) is 51.4 Å². The predicted molar refractivity (Wildman–Crippen MR) is 64.4 cm³/mol. The van der Waals surface area contributed by atoms with Gasteiger partial charge >= 0.3 is 0 Å². The maximum atomic E-state index is 2.45. The van der Waals surface area contributed by atoms with Crippen molar-refractivity contribution in [2.45, 2.75) is 72.1 Å². The van der Waals surface area contributed by atoms with Crippen LogP contribution in [0.25, 0.3) is 0 Å². The van der Waals surface area contributed by atoms with Crippen LogP contribution in [-0.2, 0) is 0 Å². The summed E-state index contributed by atoms with van der Waals surface area (Å²) in [5, 5.41) is 0. The number of hydrogen-bond donors (Lipinski definition) is 0. The Morgan fingerprint density at radius 1 is 0.571 bits per heavy atom. The largest absolute Gasteiger partial charge is 0.0625 e. The molecule has 0 heteroatoms. The molecule has 1 aliphatic carbocycles. The highest BCUT2D eigenvalue weighted by Crippen LogP contribution is 2.27. The summed E-state index contributed by atoms with van der Waals surface area (Å²) in [5.41, 5.74) is 0. The van der Waals surface area contributed by atoms with E-state index in [4.69, 9.17) is 0 Å². The van der Waals surface area contributed by atoms with Crippen LogP contribution in [0.5, 0.6) is 0 Å². The second-order valence-electron chi connectivity index (χ2n) is 5.63. The van der Waals surface area contributed by atoms with E-state index in [1.807, 2.05) is 0 Å². The van der Waals surface area contributed by atoms with E-state index >= 15 is 0 Å². The fourth-order valence-corrected chi connectivity index (χ4v) is 2.57. The summed E-state index contributed by atoms with van der Waals surface area (Å²) in [6.07, 6.45) is 11.8.